The number of nitrogens with one attached hydrogen (secondary N) is 1. The first kappa shape index (κ1) is 11.6. The fraction of sp³-hybridized carbons (Fsp3) is 0.600. The topological polar surface area (TPSA) is 39.7 Å². The van der Waals surface area contributed by atoms with Gasteiger partial charge in [0.25, 0.3) is 0 Å². The van der Waals surface area contributed by atoms with Crippen molar-refractivity contribution in [2.45, 2.75) is 18.9 Å². The van der Waals surface area contributed by atoms with Gasteiger partial charge in [0, 0.05) is 18.5 Å². The summed E-state index contributed by atoms with van der Waals surface area (Å²) in [5.41, 5.74) is 1.46. The normalized spacial score (nSPS) is 27.9. The van der Waals surface area contributed by atoms with Crippen LogP contribution in [0.25, 0.3) is 0 Å². The monoisotopic (exact) mass is 261 g/mol. The van der Waals surface area contributed by atoms with Crippen molar-refractivity contribution in [1.29, 1.82) is 0 Å². The van der Waals surface area contributed by atoms with Crippen molar-refractivity contribution in [2.24, 2.45) is 5.41 Å². The second kappa shape index (κ2) is 4.39. The zero-order chi connectivity index (χ0) is 12.7. The van der Waals surface area contributed by atoms with Gasteiger partial charge in [-0.05, 0) is 30.5 Å². The molecule has 1 aromatic carbocycles. The Hall–Kier alpha value is -1.26. The molecule has 19 heavy (non-hydrogen) atoms. The molecule has 2 aliphatic heterocycles. The van der Waals surface area contributed by atoms with E-state index in [0.717, 1.165) is 44.4 Å². The highest BCUT2D eigenvalue weighted by Gasteiger charge is 2.46. The summed E-state index contributed by atoms with van der Waals surface area (Å²) in [6, 6.07) is 6.18. The van der Waals surface area contributed by atoms with Crippen molar-refractivity contribution in [3.63, 3.8) is 0 Å². The third kappa shape index (κ3) is 2.19. The molecule has 0 bridgehead atoms. The Morgan fingerprint density at radius 3 is 2.68 bits per heavy atom. The Morgan fingerprint density at radius 2 is 1.95 bits per heavy atom. The molecule has 102 valence electrons. The van der Waals surface area contributed by atoms with Crippen LogP contribution in [0.2, 0.25) is 0 Å². The molecule has 2 fully saturated rings. The summed E-state index contributed by atoms with van der Waals surface area (Å²) in [5.74, 6) is 1.74. The maximum absolute atomic E-state index is 5.96. The average molecular weight is 261 g/mol. The SMILES string of the molecule is c1cc2c(cc1C1CNCCO1)OCC1(CC1)CO2. The van der Waals surface area contributed by atoms with Crippen LogP contribution in [0, 0.1) is 5.41 Å². The van der Waals surface area contributed by atoms with Crippen molar-refractivity contribution in [1.82, 2.24) is 5.32 Å². The first-order valence-electron chi connectivity index (χ1n) is 7.07. The minimum atomic E-state index is 0.126. The van der Waals surface area contributed by atoms with Crippen molar-refractivity contribution in [3.05, 3.63) is 23.8 Å². The van der Waals surface area contributed by atoms with Gasteiger partial charge in [0.1, 0.15) is 0 Å². The minimum absolute atomic E-state index is 0.126. The van der Waals surface area contributed by atoms with Gasteiger partial charge in [0.15, 0.2) is 11.5 Å². The summed E-state index contributed by atoms with van der Waals surface area (Å²) in [4.78, 5) is 0. The number of rotatable bonds is 1. The Kier molecular flexibility index (Phi) is 2.67. The molecular formula is C15H19NO3. The van der Waals surface area contributed by atoms with Gasteiger partial charge in [-0.25, -0.2) is 0 Å². The Balaban J connectivity index is 1.57. The highest BCUT2D eigenvalue weighted by atomic mass is 16.5. The minimum Gasteiger partial charge on any atom is -0.489 e. The molecule has 4 nitrogen and oxygen atoms in total. The summed E-state index contributed by atoms with van der Waals surface area (Å²) in [6.07, 6.45) is 2.58. The zero-order valence-electron chi connectivity index (χ0n) is 11.0. The smallest absolute Gasteiger partial charge is 0.161 e. The van der Waals surface area contributed by atoms with E-state index >= 15 is 0 Å². The molecule has 1 saturated carbocycles. The van der Waals surface area contributed by atoms with Crippen molar-refractivity contribution in [2.75, 3.05) is 32.9 Å². The van der Waals surface area contributed by atoms with Gasteiger partial charge in [-0.15, -0.1) is 0 Å². The predicted molar refractivity (Wildman–Crippen MR) is 70.7 cm³/mol. The molecule has 1 saturated heterocycles. The number of ether oxygens (including phenoxy) is 3. The quantitative estimate of drug-likeness (QED) is 0.838. The van der Waals surface area contributed by atoms with Gasteiger partial charge in [0.2, 0.25) is 0 Å². The molecule has 4 heteroatoms. The van der Waals surface area contributed by atoms with Crippen LogP contribution in [0.4, 0.5) is 0 Å². The number of hydrogen-bond donors (Lipinski definition) is 1. The lowest BCUT2D eigenvalue weighted by Gasteiger charge is -2.24. The van der Waals surface area contributed by atoms with Crippen molar-refractivity contribution >= 4 is 0 Å². The second-order valence-corrected chi connectivity index (χ2v) is 5.85. The highest BCUT2D eigenvalue weighted by molar-refractivity contribution is 5.44. The Morgan fingerprint density at radius 1 is 1.11 bits per heavy atom. The van der Waals surface area contributed by atoms with E-state index in [-0.39, 0.29) is 6.10 Å². The van der Waals surface area contributed by atoms with E-state index in [1.54, 1.807) is 0 Å². The summed E-state index contributed by atoms with van der Waals surface area (Å²) in [6.45, 7) is 4.14. The first-order chi connectivity index (χ1) is 9.35. The lowest BCUT2D eigenvalue weighted by molar-refractivity contribution is 0.0275. The third-order valence-electron chi connectivity index (χ3n) is 4.29. The van der Waals surface area contributed by atoms with E-state index in [1.165, 1.54) is 18.4 Å². The predicted octanol–water partition coefficient (Wildman–Crippen LogP) is 1.90. The van der Waals surface area contributed by atoms with Gasteiger partial charge in [-0.3, -0.25) is 0 Å². The number of fused-ring (bicyclic) bond motifs is 1. The summed E-state index contributed by atoms with van der Waals surface area (Å²) in [7, 11) is 0. The van der Waals surface area contributed by atoms with Gasteiger partial charge < -0.3 is 19.5 Å². The molecule has 3 aliphatic rings. The summed E-state index contributed by atoms with van der Waals surface area (Å²) in [5, 5.41) is 3.35. The van der Waals surface area contributed by atoms with Gasteiger partial charge >= 0.3 is 0 Å². The van der Waals surface area contributed by atoms with Gasteiger partial charge in [-0.2, -0.15) is 0 Å². The average Bonchev–Trinajstić information content (AvgIpc) is 3.27. The number of benzene rings is 1. The van der Waals surface area contributed by atoms with Gasteiger partial charge in [-0.1, -0.05) is 6.07 Å². The number of morpholine rings is 1. The largest absolute Gasteiger partial charge is 0.489 e. The molecule has 1 aliphatic carbocycles. The van der Waals surface area contributed by atoms with Gasteiger partial charge in [0.05, 0.1) is 25.9 Å². The van der Waals surface area contributed by atoms with Crippen LogP contribution in [0.15, 0.2) is 18.2 Å². The first-order valence-corrected chi connectivity index (χ1v) is 7.07. The fourth-order valence-electron chi connectivity index (χ4n) is 2.71. The molecule has 1 spiro atoms. The summed E-state index contributed by atoms with van der Waals surface area (Å²) >= 11 is 0. The molecule has 0 radical (unpaired) electrons. The van der Waals surface area contributed by atoms with Crippen LogP contribution < -0.4 is 14.8 Å². The Labute approximate surface area is 113 Å². The lowest BCUT2D eigenvalue weighted by Crippen LogP contribution is -2.33. The maximum atomic E-state index is 5.96. The van der Waals surface area contributed by atoms with Crippen LogP contribution in [0.3, 0.4) is 0 Å². The molecule has 2 heterocycles. The van der Waals surface area contributed by atoms with E-state index in [9.17, 15) is 0 Å². The van der Waals surface area contributed by atoms with Crippen LogP contribution in [0.5, 0.6) is 11.5 Å². The highest BCUT2D eigenvalue weighted by Crippen LogP contribution is 2.49. The standard InChI is InChI=1S/C15H19NO3/c1-2-12-13(19-10-15(3-4-15)9-18-12)7-11(1)14-8-16-5-6-17-14/h1-2,7,14,16H,3-6,8-10H2. The molecular weight excluding hydrogens is 242 g/mol. The van der Waals surface area contributed by atoms with E-state index in [4.69, 9.17) is 14.2 Å². The van der Waals surface area contributed by atoms with E-state index in [2.05, 4.69) is 17.4 Å². The molecule has 1 unspecified atom stereocenters. The fourth-order valence-corrected chi connectivity index (χ4v) is 2.71. The molecule has 1 atom stereocenters. The summed E-state index contributed by atoms with van der Waals surface area (Å²) < 4.78 is 17.6. The van der Waals surface area contributed by atoms with Crippen LogP contribution in [0.1, 0.15) is 24.5 Å². The van der Waals surface area contributed by atoms with E-state index < -0.39 is 0 Å². The third-order valence-corrected chi connectivity index (χ3v) is 4.29. The molecule has 0 amide bonds. The van der Waals surface area contributed by atoms with E-state index in [0.29, 0.717) is 5.41 Å². The van der Waals surface area contributed by atoms with Crippen molar-refractivity contribution < 1.29 is 14.2 Å². The van der Waals surface area contributed by atoms with Crippen LogP contribution in [-0.4, -0.2) is 32.9 Å². The lowest BCUT2D eigenvalue weighted by atomic mass is 10.1. The van der Waals surface area contributed by atoms with Crippen LogP contribution >= 0.6 is 0 Å². The van der Waals surface area contributed by atoms with Crippen LogP contribution in [-0.2, 0) is 4.74 Å². The number of hydrogen-bond acceptors (Lipinski definition) is 4. The molecule has 0 aromatic heterocycles. The van der Waals surface area contributed by atoms with E-state index in [1.807, 2.05) is 6.07 Å². The molecule has 4 rings (SSSR count). The second-order valence-electron chi connectivity index (χ2n) is 5.85. The zero-order valence-corrected chi connectivity index (χ0v) is 11.0. The molecule has 1 N–H and O–H groups in total. The Bertz CT molecular complexity index is 478. The molecule has 1 aromatic rings. The maximum Gasteiger partial charge on any atom is 0.161 e. The van der Waals surface area contributed by atoms with Crippen molar-refractivity contribution in [3.8, 4) is 11.5 Å².